The zero-order valence-corrected chi connectivity index (χ0v) is 11.9. The van der Waals surface area contributed by atoms with Gasteiger partial charge < -0.3 is 10.1 Å². The third kappa shape index (κ3) is 7.74. The first-order valence-corrected chi connectivity index (χ1v) is 7.20. The number of hydrogen-bond acceptors (Lipinski definition) is 3. The summed E-state index contributed by atoms with van der Waals surface area (Å²) in [5, 5.41) is 3.57. The molecule has 1 aliphatic carbocycles. The Kier molecular flexibility index (Phi) is 7.82. The van der Waals surface area contributed by atoms with Crippen LogP contribution in [0.15, 0.2) is 0 Å². The Morgan fingerprint density at radius 1 is 1.18 bits per heavy atom. The highest BCUT2D eigenvalue weighted by Crippen LogP contribution is 2.18. The van der Waals surface area contributed by atoms with Gasteiger partial charge in [0.25, 0.3) is 0 Å². The predicted molar refractivity (Wildman–Crippen MR) is 73.5 cm³/mol. The Morgan fingerprint density at radius 2 is 1.94 bits per heavy atom. The van der Waals surface area contributed by atoms with Crippen molar-refractivity contribution < 1.29 is 4.74 Å². The fraction of sp³-hybridized carbons (Fsp3) is 1.00. The number of hydrogen-bond donors (Lipinski definition) is 1. The van der Waals surface area contributed by atoms with E-state index in [2.05, 4.69) is 24.1 Å². The first-order valence-electron chi connectivity index (χ1n) is 7.20. The molecule has 0 aromatic heterocycles. The molecule has 0 heterocycles. The Bertz CT molecular complexity index is 181. The van der Waals surface area contributed by atoms with E-state index in [4.69, 9.17) is 4.74 Å². The molecule has 17 heavy (non-hydrogen) atoms. The first-order chi connectivity index (χ1) is 8.24. The number of unbranched alkanes of at least 4 members (excludes halogenated alkanes) is 2. The van der Waals surface area contributed by atoms with Crippen LogP contribution >= 0.6 is 0 Å². The van der Waals surface area contributed by atoms with Crippen LogP contribution in [0.2, 0.25) is 0 Å². The molecular formula is C14H30N2O. The maximum absolute atomic E-state index is 5.15. The van der Waals surface area contributed by atoms with Gasteiger partial charge in [0.1, 0.15) is 0 Å². The molecule has 102 valence electrons. The summed E-state index contributed by atoms with van der Waals surface area (Å²) in [7, 11) is 1.78. The molecule has 1 saturated carbocycles. The molecule has 1 aliphatic rings. The largest absolute Gasteiger partial charge is 0.383 e. The first kappa shape index (κ1) is 14.9. The quantitative estimate of drug-likeness (QED) is 0.563. The van der Waals surface area contributed by atoms with Crippen LogP contribution in [0.4, 0.5) is 0 Å². The second-order valence-electron chi connectivity index (χ2n) is 5.41. The van der Waals surface area contributed by atoms with Gasteiger partial charge in [-0.3, -0.25) is 4.90 Å². The molecule has 0 aromatic rings. The van der Waals surface area contributed by atoms with Gasteiger partial charge >= 0.3 is 0 Å². The molecule has 0 saturated heterocycles. The molecule has 0 aromatic carbocycles. The monoisotopic (exact) mass is 242 g/mol. The summed E-state index contributed by atoms with van der Waals surface area (Å²) in [6.07, 6.45) is 6.78. The second kappa shape index (κ2) is 8.90. The highest BCUT2D eigenvalue weighted by atomic mass is 16.5. The van der Waals surface area contributed by atoms with E-state index in [9.17, 15) is 0 Å². The van der Waals surface area contributed by atoms with Crippen LogP contribution in [0.1, 0.15) is 46.0 Å². The van der Waals surface area contributed by atoms with E-state index in [1.807, 2.05) is 0 Å². The van der Waals surface area contributed by atoms with Crippen molar-refractivity contribution in [2.75, 3.05) is 33.4 Å². The van der Waals surface area contributed by atoms with Crippen LogP contribution in [0, 0.1) is 0 Å². The molecule has 1 N–H and O–H groups in total. The van der Waals surface area contributed by atoms with Crippen molar-refractivity contribution in [1.82, 2.24) is 10.2 Å². The van der Waals surface area contributed by atoms with Gasteiger partial charge in [0.15, 0.2) is 0 Å². The molecule has 0 spiro atoms. The lowest BCUT2D eigenvalue weighted by Gasteiger charge is -2.26. The minimum absolute atomic E-state index is 0.634. The normalized spacial score (nSPS) is 16.1. The number of nitrogens with zero attached hydrogens (tertiary/aromatic N) is 1. The fourth-order valence-corrected chi connectivity index (χ4v) is 2.05. The SMILES string of the molecule is COCCN(CCCCCNC1CC1)C(C)C. The zero-order valence-electron chi connectivity index (χ0n) is 11.9. The van der Waals surface area contributed by atoms with Gasteiger partial charge in [-0.1, -0.05) is 6.42 Å². The minimum Gasteiger partial charge on any atom is -0.383 e. The summed E-state index contributed by atoms with van der Waals surface area (Å²) in [4.78, 5) is 2.51. The smallest absolute Gasteiger partial charge is 0.0589 e. The lowest BCUT2D eigenvalue weighted by atomic mass is 10.2. The van der Waals surface area contributed by atoms with Crippen LogP contribution < -0.4 is 5.32 Å². The van der Waals surface area contributed by atoms with Crippen molar-refractivity contribution in [1.29, 1.82) is 0 Å². The standard InChI is InChI=1S/C14H30N2O/c1-13(2)16(11-12-17-3)10-6-4-5-9-15-14-7-8-14/h13-15H,4-12H2,1-3H3. The van der Waals surface area contributed by atoms with Crippen LogP contribution in [-0.4, -0.2) is 50.3 Å². The average Bonchev–Trinajstić information content (AvgIpc) is 3.10. The molecular weight excluding hydrogens is 212 g/mol. The van der Waals surface area contributed by atoms with Gasteiger partial charge in [-0.2, -0.15) is 0 Å². The summed E-state index contributed by atoms with van der Waals surface area (Å²) >= 11 is 0. The van der Waals surface area contributed by atoms with Gasteiger partial charge in [-0.25, -0.2) is 0 Å². The molecule has 1 rings (SSSR count). The van der Waals surface area contributed by atoms with E-state index >= 15 is 0 Å². The maximum atomic E-state index is 5.15. The summed E-state index contributed by atoms with van der Waals surface area (Å²) < 4.78 is 5.15. The zero-order chi connectivity index (χ0) is 12.5. The molecule has 1 fully saturated rings. The predicted octanol–water partition coefficient (Wildman–Crippen LogP) is 2.27. The molecule has 3 heteroatoms. The number of methoxy groups -OCH3 is 1. The van der Waals surface area contributed by atoms with Crippen molar-refractivity contribution in [3.63, 3.8) is 0 Å². The van der Waals surface area contributed by atoms with Gasteiger partial charge in [0.05, 0.1) is 6.61 Å². The third-order valence-electron chi connectivity index (χ3n) is 3.45. The van der Waals surface area contributed by atoms with Crippen LogP contribution in [-0.2, 0) is 4.74 Å². The number of rotatable bonds is 11. The molecule has 0 amide bonds. The molecule has 0 bridgehead atoms. The number of nitrogens with one attached hydrogen (secondary N) is 1. The highest BCUT2D eigenvalue weighted by Gasteiger charge is 2.19. The third-order valence-corrected chi connectivity index (χ3v) is 3.45. The minimum atomic E-state index is 0.634. The van der Waals surface area contributed by atoms with E-state index < -0.39 is 0 Å². The second-order valence-corrected chi connectivity index (χ2v) is 5.41. The van der Waals surface area contributed by atoms with Gasteiger partial charge in [0, 0.05) is 25.7 Å². The van der Waals surface area contributed by atoms with Crippen molar-refractivity contribution >= 4 is 0 Å². The average molecular weight is 242 g/mol. The van der Waals surface area contributed by atoms with Gasteiger partial charge in [0.2, 0.25) is 0 Å². The Hall–Kier alpha value is -0.120. The van der Waals surface area contributed by atoms with Crippen LogP contribution in [0.5, 0.6) is 0 Å². The Morgan fingerprint density at radius 3 is 2.53 bits per heavy atom. The van der Waals surface area contributed by atoms with Gasteiger partial charge in [-0.05, 0) is 52.6 Å². The van der Waals surface area contributed by atoms with E-state index in [-0.39, 0.29) is 0 Å². The van der Waals surface area contributed by atoms with E-state index in [0.717, 1.165) is 19.2 Å². The van der Waals surface area contributed by atoms with E-state index in [1.165, 1.54) is 45.2 Å². The number of ether oxygens (including phenoxy) is 1. The molecule has 0 atom stereocenters. The van der Waals surface area contributed by atoms with Crippen LogP contribution in [0.3, 0.4) is 0 Å². The van der Waals surface area contributed by atoms with Crippen molar-refractivity contribution in [3.8, 4) is 0 Å². The summed E-state index contributed by atoms with van der Waals surface area (Å²) in [6, 6.07) is 1.50. The van der Waals surface area contributed by atoms with Crippen molar-refractivity contribution in [2.24, 2.45) is 0 Å². The topological polar surface area (TPSA) is 24.5 Å². The van der Waals surface area contributed by atoms with E-state index in [1.54, 1.807) is 7.11 Å². The van der Waals surface area contributed by atoms with Gasteiger partial charge in [-0.15, -0.1) is 0 Å². The highest BCUT2D eigenvalue weighted by molar-refractivity contribution is 4.80. The molecule has 3 nitrogen and oxygen atoms in total. The lowest BCUT2D eigenvalue weighted by molar-refractivity contribution is 0.128. The maximum Gasteiger partial charge on any atom is 0.0589 e. The molecule has 0 radical (unpaired) electrons. The fourth-order valence-electron chi connectivity index (χ4n) is 2.05. The van der Waals surface area contributed by atoms with Crippen molar-refractivity contribution in [2.45, 2.75) is 58.0 Å². The summed E-state index contributed by atoms with van der Waals surface area (Å²) in [6.45, 7) is 8.87. The summed E-state index contributed by atoms with van der Waals surface area (Å²) in [5.74, 6) is 0. The lowest BCUT2D eigenvalue weighted by Crippen LogP contribution is -2.34. The Balaban J connectivity index is 1.92. The van der Waals surface area contributed by atoms with Crippen LogP contribution in [0.25, 0.3) is 0 Å². The van der Waals surface area contributed by atoms with E-state index in [0.29, 0.717) is 6.04 Å². The molecule has 0 unspecified atom stereocenters. The Labute approximate surface area is 107 Å². The molecule has 0 aliphatic heterocycles. The summed E-state index contributed by atoms with van der Waals surface area (Å²) in [5.41, 5.74) is 0. The van der Waals surface area contributed by atoms with Crippen molar-refractivity contribution in [3.05, 3.63) is 0 Å².